The van der Waals surface area contributed by atoms with Gasteiger partial charge in [-0.1, -0.05) is 49.7 Å². The number of amidine groups is 1. The summed E-state index contributed by atoms with van der Waals surface area (Å²) in [7, 11) is 0. The highest BCUT2D eigenvalue weighted by atomic mass is 15.2. The number of hydrogen-bond acceptors (Lipinski definition) is 1. The van der Waals surface area contributed by atoms with Crippen molar-refractivity contribution < 1.29 is 0 Å². The third-order valence-electron chi connectivity index (χ3n) is 3.94. The average Bonchev–Trinajstić information content (AvgIpc) is 2.83. The molecule has 1 heterocycles. The number of fused-ring (bicyclic) bond motifs is 1. The molecule has 2 aromatic rings. The van der Waals surface area contributed by atoms with E-state index in [1.165, 1.54) is 24.0 Å². The van der Waals surface area contributed by atoms with E-state index < -0.39 is 0 Å². The number of anilines is 1. The largest absolute Gasteiger partial charge is 0.322 e. The summed E-state index contributed by atoms with van der Waals surface area (Å²) < 4.78 is 0. The van der Waals surface area contributed by atoms with Crippen LogP contribution in [0.25, 0.3) is 0 Å². The van der Waals surface area contributed by atoms with Crippen LogP contribution in [0.4, 0.5) is 5.69 Å². The zero-order valence-electron chi connectivity index (χ0n) is 11.9. The summed E-state index contributed by atoms with van der Waals surface area (Å²) in [6.07, 6.45) is 3.62. The van der Waals surface area contributed by atoms with Crippen molar-refractivity contribution in [3.63, 3.8) is 0 Å². The van der Waals surface area contributed by atoms with Gasteiger partial charge in [0.1, 0.15) is 5.84 Å². The van der Waals surface area contributed by atoms with Gasteiger partial charge in [-0.2, -0.15) is 0 Å². The van der Waals surface area contributed by atoms with E-state index in [9.17, 15) is 0 Å². The summed E-state index contributed by atoms with van der Waals surface area (Å²) >= 11 is 0. The molecule has 0 fully saturated rings. The Kier molecular flexibility index (Phi) is 3.55. The Labute approximate surface area is 120 Å². The normalized spacial score (nSPS) is 13.7. The Hall–Kier alpha value is -2.09. The number of aryl methyl sites for hydroxylation is 1. The van der Waals surface area contributed by atoms with Crippen molar-refractivity contribution >= 4 is 11.5 Å². The lowest BCUT2D eigenvalue weighted by Gasteiger charge is -2.18. The molecule has 0 unspecified atom stereocenters. The molecule has 2 heteroatoms. The zero-order chi connectivity index (χ0) is 13.9. The Morgan fingerprint density at radius 3 is 2.50 bits per heavy atom. The molecule has 0 aliphatic carbocycles. The number of rotatable bonds is 4. The Balaban J connectivity index is 1.80. The molecule has 0 saturated carbocycles. The first-order valence-electron chi connectivity index (χ1n) is 7.33. The van der Waals surface area contributed by atoms with Gasteiger partial charge in [-0.3, -0.25) is 5.41 Å². The minimum atomic E-state index is 0.613. The van der Waals surface area contributed by atoms with Crippen LogP contribution < -0.4 is 4.90 Å². The highest BCUT2D eigenvalue weighted by Gasteiger charge is 2.24. The molecule has 1 N–H and O–H groups in total. The van der Waals surface area contributed by atoms with Crippen LogP contribution in [-0.4, -0.2) is 5.84 Å². The average molecular weight is 264 g/mol. The molecule has 0 amide bonds. The van der Waals surface area contributed by atoms with Crippen molar-refractivity contribution in [3.8, 4) is 0 Å². The van der Waals surface area contributed by atoms with Crippen LogP contribution in [0.15, 0.2) is 48.5 Å². The van der Waals surface area contributed by atoms with E-state index in [-0.39, 0.29) is 0 Å². The van der Waals surface area contributed by atoms with Crippen LogP contribution in [0.5, 0.6) is 0 Å². The van der Waals surface area contributed by atoms with Crippen LogP contribution in [0.1, 0.15) is 36.5 Å². The Morgan fingerprint density at radius 2 is 1.80 bits per heavy atom. The predicted molar refractivity (Wildman–Crippen MR) is 84.5 cm³/mol. The van der Waals surface area contributed by atoms with E-state index in [1.54, 1.807) is 0 Å². The molecular formula is C18H20N2. The smallest absolute Gasteiger partial charge is 0.133 e. The van der Waals surface area contributed by atoms with Crippen molar-refractivity contribution in [3.05, 3.63) is 65.2 Å². The van der Waals surface area contributed by atoms with E-state index in [4.69, 9.17) is 5.41 Å². The summed E-state index contributed by atoms with van der Waals surface area (Å²) in [5, 5.41) is 8.32. The van der Waals surface area contributed by atoms with Crippen LogP contribution in [0, 0.1) is 5.41 Å². The summed E-state index contributed by atoms with van der Waals surface area (Å²) in [4.78, 5) is 2.08. The van der Waals surface area contributed by atoms with Gasteiger partial charge in [-0.05, 0) is 36.1 Å². The van der Waals surface area contributed by atoms with Gasteiger partial charge in [0.15, 0.2) is 0 Å². The first kappa shape index (κ1) is 12.9. The van der Waals surface area contributed by atoms with Crippen LogP contribution in [-0.2, 0) is 13.0 Å². The van der Waals surface area contributed by atoms with Gasteiger partial charge < -0.3 is 4.90 Å². The quantitative estimate of drug-likeness (QED) is 0.872. The summed E-state index contributed by atoms with van der Waals surface area (Å²) in [6.45, 7) is 3.03. The maximum absolute atomic E-state index is 8.32. The van der Waals surface area contributed by atoms with Gasteiger partial charge in [0.05, 0.1) is 6.54 Å². The lowest BCUT2D eigenvalue weighted by molar-refractivity contribution is 0.795. The van der Waals surface area contributed by atoms with Crippen molar-refractivity contribution in [1.29, 1.82) is 5.41 Å². The third kappa shape index (κ3) is 2.34. The fourth-order valence-electron chi connectivity index (χ4n) is 2.73. The van der Waals surface area contributed by atoms with Crippen molar-refractivity contribution in [1.82, 2.24) is 0 Å². The highest BCUT2D eigenvalue weighted by molar-refractivity contribution is 6.11. The molecule has 0 radical (unpaired) electrons. The topological polar surface area (TPSA) is 27.1 Å². The zero-order valence-corrected chi connectivity index (χ0v) is 11.9. The first-order valence-corrected chi connectivity index (χ1v) is 7.33. The second kappa shape index (κ2) is 5.49. The van der Waals surface area contributed by atoms with Gasteiger partial charge in [-0.15, -0.1) is 0 Å². The molecule has 0 aromatic heterocycles. The molecule has 0 saturated heterocycles. The second-order valence-corrected chi connectivity index (χ2v) is 5.36. The molecule has 1 aliphatic heterocycles. The van der Waals surface area contributed by atoms with Crippen LogP contribution in [0.3, 0.4) is 0 Å². The fraction of sp³-hybridized carbons (Fsp3) is 0.278. The Morgan fingerprint density at radius 1 is 1.05 bits per heavy atom. The minimum absolute atomic E-state index is 0.613. The molecule has 2 aromatic carbocycles. The summed E-state index contributed by atoms with van der Waals surface area (Å²) in [5.41, 5.74) is 4.81. The van der Waals surface area contributed by atoms with Gasteiger partial charge >= 0.3 is 0 Å². The predicted octanol–water partition coefficient (Wildman–Crippen LogP) is 4.37. The van der Waals surface area contributed by atoms with Gasteiger partial charge in [0.25, 0.3) is 0 Å². The highest BCUT2D eigenvalue weighted by Crippen LogP contribution is 2.28. The van der Waals surface area contributed by atoms with E-state index in [0.717, 1.165) is 24.2 Å². The monoisotopic (exact) mass is 264 g/mol. The lowest BCUT2D eigenvalue weighted by Crippen LogP contribution is -2.22. The van der Waals surface area contributed by atoms with Crippen LogP contribution in [0.2, 0.25) is 0 Å². The fourth-order valence-corrected chi connectivity index (χ4v) is 2.73. The molecule has 20 heavy (non-hydrogen) atoms. The van der Waals surface area contributed by atoms with Gasteiger partial charge in [0.2, 0.25) is 0 Å². The van der Waals surface area contributed by atoms with Crippen LogP contribution >= 0.6 is 0 Å². The first-order chi connectivity index (χ1) is 9.79. The van der Waals surface area contributed by atoms with Gasteiger partial charge in [-0.25, -0.2) is 0 Å². The number of hydrogen-bond donors (Lipinski definition) is 1. The maximum Gasteiger partial charge on any atom is 0.133 e. The van der Waals surface area contributed by atoms with Crippen molar-refractivity contribution in [2.45, 2.75) is 32.7 Å². The van der Waals surface area contributed by atoms with E-state index >= 15 is 0 Å². The molecule has 102 valence electrons. The van der Waals surface area contributed by atoms with Gasteiger partial charge in [0, 0.05) is 11.3 Å². The molecule has 0 bridgehead atoms. The maximum atomic E-state index is 8.32. The standard InChI is InChI=1S/C18H20N2/c1-2-3-6-14-9-11-16(12-10-14)20-13-15-7-4-5-8-17(15)18(20)19/h4-5,7-12,19H,2-3,6,13H2,1H3. The van der Waals surface area contributed by atoms with E-state index in [2.05, 4.69) is 42.2 Å². The molecule has 0 atom stereocenters. The number of nitrogens with zero attached hydrogens (tertiary/aromatic N) is 1. The minimum Gasteiger partial charge on any atom is -0.322 e. The number of unbranched alkanes of at least 4 members (excludes halogenated alkanes) is 1. The third-order valence-corrected chi connectivity index (χ3v) is 3.94. The number of benzene rings is 2. The summed E-state index contributed by atoms with van der Waals surface area (Å²) in [6, 6.07) is 16.9. The molecule has 1 aliphatic rings. The Bertz CT molecular complexity index is 614. The lowest BCUT2D eigenvalue weighted by atomic mass is 10.1. The van der Waals surface area contributed by atoms with E-state index in [1.807, 2.05) is 18.2 Å². The van der Waals surface area contributed by atoms with Crippen molar-refractivity contribution in [2.24, 2.45) is 0 Å². The van der Waals surface area contributed by atoms with Crippen molar-refractivity contribution in [2.75, 3.05) is 4.90 Å². The number of nitrogens with one attached hydrogen (secondary N) is 1. The second-order valence-electron chi connectivity index (χ2n) is 5.36. The molecule has 3 rings (SSSR count). The molecule has 2 nitrogen and oxygen atoms in total. The van der Waals surface area contributed by atoms with E-state index in [0.29, 0.717) is 5.84 Å². The molecular weight excluding hydrogens is 244 g/mol. The SMILES string of the molecule is CCCCc1ccc(N2Cc3ccccc3C2=N)cc1. The molecule has 0 spiro atoms. The summed E-state index contributed by atoms with van der Waals surface area (Å²) in [5.74, 6) is 0.613.